The quantitative estimate of drug-likeness (QED) is 0.791. The van der Waals surface area contributed by atoms with Crippen LogP contribution in [0.2, 0.25) is 5.02 Å². The molecular weight excluding hydrogens is 338 g/mol. The lowest BCUT2D eigenvalue weighted by Gasteiger charge is -2.28. The Hall–Kier alpha value is -2.04. The first-order chi connectivity index (χ1) is 11.7. The lowest BCUT2D eigenvalue weighted by Crippen LogP contribution is -2.42. The zero-order valence-electron chi connectivity index (χ0n) is 14.8. The summed E-state index contributed by atoms with van der Waals surface area (Å²) >= 11 is 6.14. The number of aryl methyl sites for hydroxylation is 1. The smallest absolute Gasteiger partial charge is 0.416 e. The molecule has 0 spiro atoms. The van der Waals surface area contributed by atoms with Gasteiger partial charge in [0.2, 0.25) is 0 Å². The van der Waals surface area contributed by atoms with Crippen LogP contribution in [0.15, 0.2) is 42.5 Å². The summed E-state index contributed by atoms with van der Waals surface area (Å²) in [5.74, 6) is -0.346. The first-order valence-corrected chi connectivity index (χ1v) is 8.62. The maximum absolute atomic E-state index is 12.7. The average Bonchev–Trinajstić information content (AvgIpc) is 2.77. The summed E-state index contributed by atoms with van der Waals surface area (Å²) in [7, 11) is 0. The molecule has 2 atom stereocenters. The summed E-state index contributed by atoms with van der Waals surface area (Å²) in [6.45, 7) is 7.38. The second-order valence-electron chi connectivity index (χ2n) is 7.30. The topological polar surface area (TPSA) is 49.8 Å². The molecule has 0 aliphatic carbocycles. The van der Waals surface area contributed by atoms with E-state index in [1.54, 1.807) is 32.9 Å². The molecule has 1 aliphatic rings. The summed E-state index contributed by atoms with van der Waals surface area (Å²) in [6, 6.07) is 13.2. The predicted molar refractivity (Wildman–Crippen MR) is 99.2 cm³/mol. The van der Waals surface area contributed by atoms with E-state index in [2.05, 4.69) is 0 Å². The third-order valence-corrected chi connectivity index (χ3v) is 4.50. The number of aliphatic hydroxyl groups excluding tert-OH is 1. The molecule has 2 unspecified atom stereocenters. The number of amides is 1. The summed E-state index contributed by atoms with van der Waals surface area (Å²) < 4.78 is 5.49. The predicted octanol–water partition coefficient (Wildman–Crippen LogP) is 4.85. The fourth-order valence-electron chi connectivity index (χ4n) is 3.22. The number of nitrogens with zero attached hydrogens (tertiary/aromatic N) is 1. The molecule has 1 heterocycles. The molecule has 0 aromatic heterocycles. The van der Waals surface area contributed by atoms with E-state index in [1.807, 2.05) is 37.3 Å². The minimum atomic E-state index is -1.05. The second-order valence-corrected chi connectivity index (χ2v) is 7.74. The molecule has 0 fully saturated rings. The fourth-order valence-corrected chi connectivity index (χ4v) is 3.39. The molecule has 1 N–H and O–H groups in total. The van der Waals surface area contributed by atoms with Gasteiger partial charge in [-0.3, -0.25) is 4.90 Å². The monoisotopic (exact) mass is 359 g/mol. The van der Waals surface area contributed by atoms with Crippen LogP contribution in [-0.4, -0.2) is 23.0 Å². The molecular formula is C20H22ClNO3. The highest BCUT2D eigenvalue weighted by atomic mass is 35.5. The molecule has 4 nitrogen and oxygen atoms in total. The Kier molecular flexibility index (Phi) is 4.52. The second kappa shape index (κ2) is 6.36. The number of halogens is 1. The molecule has 2 aromatic rings. The number of hydrogen-bond donors (Lipinski definition) is 1. The van der Waals surface area contributed by atoms with Crippen molar-refractivity contribution in [3.05, 3.63) is 64.2 Å². The highest BCUT2D eigenvalue weighted by Crippen LogP contribution is 2.46. The molecule has 0 radical (unpaired) electrons. The van der Waals surface area contributed by atoms with Crippen molar-refractivity contribution in [3.63, 3.8) is 0 Å². The van der Waals surface area contributed by atoms with Gasteiger partial charge in [-0.1, -0.05) is 41.9 Å². The van der Waals surface area contributed by atoms with E-state index in [4.69, 9.17) is 16.3 Å². The van der Waals surface area contributed by atoms with Crippen molar-refractivity contribution in [1.82, 2.24) is 0 Å². The van der Waals surface area contributed by atoms with Crippen molar-refractivity contribution in [2.45, 2.75) is 45.4 Å². The summed E-state index contributed by atoms with van der Waals surface area (Å²) in [5.41, 5.74) is 2.82. The third kappa shape index (κ3) is 3.37. The Balaban J connectivity index is 2.10. The number of ether oxygens (including phenoxy) is 1. The van der Waals surface area contributed by atoms with Gasteiger partial charge >= 0.3 is 6.09 Å². The van der Waals surface area contributed by atoms with Gasteiger partial charge in [-0.05, 0) is 56.5 Å². The molecule has 2 aromatic carbocycles. The largest absolute Gasteiger partial charge is 0.443 e. The zero-order chi connectivity index (χ0) is 18.4. The van der Waals surface area contributed by atoms with Crippen LogP contribution in [0.5, 0.6) is 0 Å². The molecule has 1 amide bonds. The van der Waals surface area contributed by atoms with Crippen LogP contribution in [-0.2, 0) is 4.74 Å². The van der Waals surface area contributed by atoms with Gasteiger partial charge in [0, 0.05) is 5.02 Å². The van der Waals surface area contributed by atoms with E-state index in [0.29, 0.717) is 10.7 Å². The van der Waals surface area contributed by atoms with Crippen molar-refractivity contribution < 1.29 is 14.6 Å². The zero-order valence-corrected chi connectivity index (χ0v) is 15.5. The van der Waals surface area contributed by atoms with E-state index in [9.17, 15) is 9.90 Å². The number of anilines is 1. The van der Waals surface area contributed by atoms with Crippen molar-refractivity contribution >= 4 is 23.4 Å². The first-order valence-electron chi connectivity index (χ1n) is 8.24. The van der Waals surface area contributed by atoms with Gasteiger partial charge in [0.25, 0.3) is 0 Å². The number of carbonyl (C=O) groups excluding carboxylic acids is 1. The Morgan fingerprint density at radius 1 is 1.16 bits per heavy atom. The number of aliphatic hydroxyl groups is 1. The summed E-state index contributed by atoms with van der Waals surface area (Å²) in [6.07, 6.45) is -1.64. The highest BCUT2D eigenvalue weighted by Gasteiger charge is 2.43. The number of rotatable bonds is 1. The van der Waals surface area contributed by atoms with Crippen LogP contribution >= 0.6 is 11.6 Å². The van der Waals surface area contributed by atoms with Crippen LogP contribution in [0, 0.1) is 6.92 Å². The Labute approximate surface area is 153 Å². The molecule has 132 valence electrons. The number of benzene rings is 2. The highest BCUT2D eigenvalue weighted by molar-refractivity contribution is 6.31. The standard InChI is InChI=1S/C20H22ClNO3/c1-12-7-5-6-8-14(12)17-15-10-9-13(21)11-16(15)22(18(17)23)19(24)25-20(2,3)4/h5-11,17-18,23H,1-4H3. The van der Waals surface area contributed by atoms with Gasteiger partial charge in [0.05, 0.1) is 11.6 Å². The van der Waals surface area contributed by atoms with E-state index in [-0.39, 0.29) is 5.92 Å². The minimum absolute atomic E-state index is 0.346. The van der Waals surface area contributed by atoms with E-state index >= 15 is 0 Å². The van der Waals surface area contributed by atoms with Crippen molar-refractivity contribution in [2.75, 3.05) is 4.90 Å². The van der Waals surface area contributed by atoms with E-state index < -0.39 is 17.9 Å². The normalized spacial score (nSPS) is 19.7. The molecule has 5 heteroatoms. The van der Waals surface area contributed by atoms with Gasteiger partial charge in [-0.15, -0.1) is 0 Å². The number of hydrogen-bond acceptors (Lipinski definition) is 3. The van der Waals surface area contributed by atoms with E-state index in [0.717, 1.165) is 16.7 Å². The number of fused-ring (bicyclic) bond motifs is 1. The van der Waals surface area contributed by atoms with Crippen LogP contribution in [0.25, 0.3) is 0 Å². The maximum atomic E-state index is 12.7. The van der Waals surface area contributed by atoms with E-state index in [1.165, 1.54) is 4.90 Å². The van der Waals surface area contributed by atoms with Crippen molar-refractivity contribution in [1.29, 1.82) is 0 Å². The Bertz CT molecular complexity index is 813. The van der Waals surface area contributed by atoms with Gasteiger partial charge in [0.15, 0.2) is 0 Å². The molecule has 0 saturated carbocycles. The maximum Gasteiger partial charge on any atom is 0.416 e. The molecule has 25 heavy (non-hydrogen) atoms. The minimum Gasteiger partial charge on any atom is -0.443 e. The van der Waals surface area contributed by atoms with Gasteiger partial charge in [-0.2, -0.15) is 0 Å². The average molecular weight is 360 g/mol. The SMILES string of the molecule is Cc1ccccc1C1c2ccc(Cl)cc2N(C(=O)OC(C)(C)C)C1O. The molecule has 0 saturated heterocycles. The van der Waals surface area contributed by atoms with Gasteiger partial charge in [0.1, 0.15) is 11.8 Å². The van der Waals surface area contributed by atoms with Crippen molar-refractivity contribution in [2.24, 2.45) is 0 Å². The lowest BCUT2D eigenvalue weighted by atomic mass is 9.89. The fraction of sp³-hybridized carbons (Fsp3) is 0.350. The molecule has 3 rings (SSSR count). The lowest BCUT2D eigenvalue weighted by molar-refractivity contribution is 0.0476. The van der Waals surface area contributed by atoms with Gasteiger partial charge in [-0.25, -0.2) is 4.79 Å². The molecule has 0 bridgehead atoms. The Morgan fingerprint density at radius 3 is 2.48 bits per heavy atom. The molecule has 1 aliphatic heterocycles. The number of carbonyl (C=O) groups is 1. The summed E-state index contributed by atoms with van der Waals surface area (Å²) in [4.78, 5) is 14.0. The van der Waals surface area contributed by atoms with Crippen LogP contribution in [0.1, 0.15) is 43.4 Å². The third-order valence-electron chi connectivity index (χ3n) is 4.26. The van der Waals surface area contributed by atoms with Crippen LogP contribution < -0.4 is 4.90 Å². The summed E-state index contributed by atoms with van der Waals surface area (Å²) in [5, 5.41) is 11.5. The van der Waals surface area contributed by atoms with Crippen LogP contribution in [0.4, 0.5) is 10.5 Å². The first kappa shape index (κ1) is 17.8. The van der Waals surface area contributed by atoms with Crippen molar-refractivity contribution in [3.8, 4) is 0 Å². The Morgan fingerprint density at radius 2 is 1.84 bits per heavy atom. The van der Waals surface area contributed by atoms with Crippen LogP contribution in [0.3, 0.4) is 0 Å². The van der Waals surface area contributed by atoms with Gasteiger partial charge < -0.3 is 9.84 Å².